The first-order valence-corrected chi connectivity index (χ1v) is 5.45. The second-order valence-corrected chi connectivity index (χ2v) is 4.06. The minimum absolute atomic E-state index is 0.714. The molecule has 0 aliphatic heterocycles. The highest BCUT2D eigenvalue weighted by Crippen LogP contribution is 2.21. The maximum absolute atomic E-state index is 5.83. The minimum Gasteiger partial charge on any atom is -0.302 e. The van der Waals surface area contributed by atoms with Crippen LogP contribution < -0.4 is 5.32 Å². The molecule has 0 heterocycles. The lowest BCUT2D eigenvalue weighted by Gasteiger charge is -2.04. The van der Waals surface area contributed by atoms with E-state index in [0.29, 0.717) is 6.54 Å². The molecule has 1 rings (SSSR count). The SMILES string of the molecule is CC#CCNCc1ccc(Cl)cc1Br. The van der Waals surface area contributed by atoms with Crippen LogP contribution in [0.1, 0.15) is 12.5 Å². The monoisotopic (exact) mass is 271 g/mol. The molecule has 1 nitrogen and oxygen atoms in total. The standard InChI is InChI=1S/C11H11BrClN/c1-2-3-6-14-8-9-4-5-10(13)7-11(9)12/h4-5,7,14H,6,8H2,1H3. The summed E-state index contributed by atoms with van der Waals surface area (Å²) in [4.78, 5) is 0. The Bertz CT molecular complexity index is 365. The van der Waals surface area contributed by atoms with Gasteiger partial charge >= 0.3 is 0 Å². The summed E-state index contributed by atoms with van der Waals surface area (Å²) >= 11 is 9.28. The molecule has 0 fully saturated rings. The Morgan fingerprint density at radius 1 is 1.50 bits per heavy atom. The number of halogens is 2. The third-order valence-corrected chi connectivity index (χ3v) is 2.69. The summed E-state index contributed by atoms with van der Waals surface area (Å²) in [6.45, 7) is 3.35. The maximum atomic E-state index is 5.83. The zero-order valence-corrected chi connectivity index (χ0v) is 10.2. The molecule has 0 aromatic heterocycles. The molecule has 74 valence electrons. The van der Waals surface area contributed by atoms with E-state index in [9.17, 15) is 0 Å². The van der Waals surface area contributed by atoms with Crippen LogP contribution in [0, 0.1) is 11.8 Å². The van der Waals surface area contributed by atoms with E-state index < -0.39 is 0 Å². The molecular formula is C11H11BrClN. The van der Waals surface area contributed by atoms with E-state index in [1.54, 1.807) is 0 Å². The van der Waals surface area contributed by atoms with Gasteiger partial charge in [-0.3, -0.25) is 0 Å². The van der Waals surface area contributed by atoms with Crippen LogP contribution >= 0.6 is 27.5 Å². The molecule has 0 unspecified atom stereocenters. The van der Waals surface area contributed by atoms with Crippen LogP contribution in [-0.2, 0) is 6.54 Å². The first-order valence-electron chi connectivity index (χ1n) is 4.28. The average molecular weight is 273 g/mol. The zero-order chi connectivity index (χ0) is 10.4. The summed E-state index contributed by atoms with van der Waals surface area (Å²) in [5.74, 6) is 5.78. The van der Waals surface area contributed by atoms with Gasteiger partial charge in [-0.15, -0.1) is 5.92 Å². The smallest absolute Gasteiger partial charge is 0.0579 e. The molecule has 14 heavy (non-hydrogen) atoms. The van der Waals surface area contributed by atoms with Gasteiger partial charge in [0.2, 0.25) is 0 Å². The third kappa shape index (κ3) is 3.71. The average Bonchev–Trinajstić information content (AvgIpc) is 2.15. The first kappa shape index (κ1) is 11.6. The maximum Gasteiger partial charge on any atom is 0.0579 e. The molecule has 0 bridgehead atoms. The summed E-state index contributed by atoms with van der Waals surface area (Å²) in [6, 6.07) is 5.78. The predicted molar refractivity (Wildman–Crippen MR) is 64.3 cm³/mol. The van der Waals surface area contributed by atoms with E-state index in [1.165, 1.54) is 5.56 Å². The van der Waals surface area contributed by atoms with Gasteiger partial charge in [-0.25, -0.2) is 0 Å². The van der Waals surface area contributed by atoms with E-state index in [2.05, 4.69) is 33.1 Å². The summed E-state index contributed by atoms with van der Waals surface area (Å²) < 4.78 is 1.03. The second kappa shape index (κ2) is 6.08. The highest BCUT2D eigenvalue weighted by molar-refractivity contribution is 9.10. The predicted octanol–water partition coefficient (Wildman–Crippen LogP) is 3.22. The zero-order valence-electron chi connectivity index (χ0n) is 7.90. The van der Waals surface area contributed by atoms with Gasteiger partial charge in [0.05, 0.1) is 6.54 Å². The summed E-state index contributed by atoms with van der Waals surface area (Å²) in [6.07, 6.45) is 0. The van der Waals surface area contributed by atoms with Crippen LogP contribution in [0.4, 0.5) is 0 Å². The number of benzene rings is 1. The number of rotatable bonds is 3. The van der Waals surface area contributed by atoms with Gasteiger partial charge in [0, 0.05) is 16.0 Å². The summed E-state index contributed by atoms with van der Waals surface area (Å²) in [5.41, 5.74) is 1.19. The highest BCUT2D eigenvalue weighted by Gasteiger charge is 1.99. The Kier molecular flexibility index (Phi) is 5.03. The molecule has 3 heteroatoms. The normalized spacial score (nSPS) is 9.36. The lowest BCUT2D eigenvalue weighted by molar-refractivity contribution is 0.767. The van der Waals surface area contributed by atoms with Crippen LogP contribution in [0.25, 0.3) is 0 Å². The Morgan fingerprint density at radius 2 is 2.29 bits per heavy atom. The molecule has 0 saturated heterocycles. The van der Waals surface area contributed by atoms with Crippen LogP contribution in [0.5, 0.6) is 0 Å². The van der Waals surface area contributed by atoms with Gasteiger partial charge in [0.15, 0.2) is 0 Å². The molecule has 0 atom stereocenters. The van der Waals surface area contributed by atoms with Crippen LogP contribution in [0.15, 0.2) is 22.7 Å². The van der Waals surface area contributed by atoms with E-state index in [0.717, 1.165) is 16.0 Å². The summed E-state index contributed by atoms with van der Waals surface area (Å²) in [7, 11) is 0. The van der Waals surface area contributed by atoms with Crippen molar-refractivity contribution in [2.45, 2.75) is 13.5 Å². The van der Waals surface area contributed by atoms with E-state index >= 15 is 0 Å². The summed E-state index contributed by atoms with van der Waals surface area (Å²) in [5, 5.41) is 3.96. The van der Waals surface area contributed by atoms with Gasteiger partial charge in [-0.1, -0.05) is 39.5 Å². The Balaban J connectivity index is 2.53. The molecule has 0 spiro atoms. The van der Waals surface area contributed by atoms with Crippen molar-refractivity contribution >= 4 is 27.5 Å². The van der Waals surface area contributed by atoms with Gasteiger partial charge in [0.1, 0.15) is 0 Å². The van der Waals surface area contributed by atoms with Crippen molar-refractivity contribution in [3.63, 3.8) is 0 Å². The molecule has 1 N–H and O–H groups in total. The molecule has 0 saturated carbocycles. The molecule has 0 amide bonds. The van der Waals surface area contributed by atoms with Crippen molar-refractivity contribution in [1.29, 1.82) is 0 Å². The first-order chi connectivity index (χ1) is 6.74. The van der Waals surface area contributed by atoms with Crippen LogP contribution in [-0.4, -0.2) is 6.54 Å². The fraction of sp³-hybridized carbons (Fsp3) is 0.273. The number of hydrogen-bond acceptors (Lipinski definition) is 1. The topological polar surface area (TPSA) is 12.0 Å². The van der Waals surface area contributed by atoms with E-state index in [1.807, 2.05) is 25.1 Å². The third-order valence-electron chi connectivity index (χ3n) is 1.72. The minimum atomic E-state index is 0.714. The molecule has 1 aromatic carbocycles. The van der Waals surface area contributed by atoms with Crippen molar-refractivity contribution in [2.75, 3.05) is 6.54 Å². The fourth-order valence-corrected chi connectivity index (χ4v) is 1.84. The molecule has 1 aromatic rings. The molecule has 0 aliphatic rings. The lowest BCUT2D eigenvalue weighted by Crippen LogP contribution is -2.13. The van der Waals surface area contributed by atoms with Gasteiger partial charge < -0.3 is 5.32 Å². The van der Waals surface area contributed by atoms with Crippen molar-refractivity contribution in [1.82, 2.24) is 5.32 Å². The molecule has 0 aliphatic carbocycles. The fourth-order valence-electron chi connectivity index (χ4n) is 1.01. The van der Waals surface area contributed by atoms with Crippen molar-refractivity contribution < 1.29 is 0 Å². The Hall–Kier alpha value is -0.490. The Labute approximate surface area is 98.0 Å². The lowest BCUT2D eigenvalue weighted by atomic mass is 10.2. The number of hydrogen-bond donors (Lipinski definition) is 1. The number of nitrogens with one attached hydrogen (secondary N) is 1. The van der Waals surface area contributed by atoms with Crippen molar-refractivity contribution in [3.8, 4) is 11.8 Å². The van der Waals surface area contributed by atoms with E-state index in [4.69, 9.17) is 11.6 Å². The van der Waals surface area contributed by atoms with Gasteiger partial charge in [-0.2, -0.15) is 0 Å². The van der Waals surface area contributed by atoms with Gasteiger partial charge in [-0.05, 0) is 24.6 Å². The van der Waals surface area contributed by atoms with E-state index in [-0.39, 0.29) is 0 Å². The largest absolute Gasteiger partial charge is 0.302 e. The molecule has 0 radical (unpaired) electrons. The Morgan fingerprint density at radius 3 is 2.93 bits per heavy atom. The quantitative estimate of drug-likeness (QED) is 0.658. The van der Waals surface area contributed by atoms with Gasteiger partial charge in [0.25, 0.3) is 0 Å². The second-order valence-electron chi connectivity index (χ2n) is 2.77. The van der Waals surface area contributed by atoms with Crippen molar-refractivity contribution in [2.24, 2.45) is 0 Å². The van der Waals surface area contributed by atoms with Crippen molar-refractivity contribution in [3.05, 3.63) is 33.3 Å². The van der Waals surface area contributed by atoms with Crippen LogP contribution in [0.2, 0.25) is 5.02 Å². The highest BCUT2D eigenvalue weighted by atomic mass is 79.9. The van der Waals surface area contributed by atoms with Crippen LogP contribution in [0.3, 0.4) is 0 Å². The molecular weight excluding hydrogens is 261 g/mol.